The van der Waals surface area contributed by atoms with E-state index >= 15 is 0 Å². The van der Waals surface area contributed by atoms with Crippen molar-refractivity contribution >= 4 is 17.4 Å². The number of ether oxygens (including phenoxy) is 1. The first kappa shape index (κ1) is 16.7. The Labute approximate surface area is 133 Å². The van der Waals surface area contributed by atoms with E-state index in [1.54, 1.807) is 7.11 Å². The van der Waals surface area contributed by atoms with Gasteiger partial charge in [0.05, 0.1) is 6.61 Å². The van der Waals surface area contributed by atoms with E-state index in [4.69, 9.17) is 10.5 Å². The van der Waals surface area contributed by atoms with Crippen molar-refractivity contribution in [3.63, 3.8) is 0 Å². The molecule has 0 aliphatic heterocycles. The van der Waals surface area contributed by atoms with Crippen LogP contribution in [0, 0.1) is 0 Å². The third-order valence-electron chi connectivity index (χ3n) is 3.95. The van der Waals surface area contributed by atoms with Gasteiger partial charge in [-0.25, -0.2) is 0 Å². The van der Waals surface area contributed by atoms with Crippen LogP contribution in [0.2, 0.25) is 0 Å². The molecule has 1 saturated carbocycles. The van der Waals surface area contributed by atoms with Crippen LogP contribution in [-0.4, -0.2) is 31.6 Å². The molecule has 0 heterocycles. The molecule has 1 aromatic carbocycles. The predicted octanol–water partition coefficient (Wildman–Crippen LogP) is 3.89. The van der Waals surface area contributed by atoms with Gasteiger partial charge < -0.3 is 15.8 Å². The Hall–Kier alpha value is -0.710. The Bertz CT molecular complexity index is 390. The summed E-state index contributed by atoms with van der Waals surface area (Å²) in [4.78, 5) is 1.39. The molecule has 0 aromatic heterocycles. The molecule has 118 valence electrons. The molecule has 0 bridgehead atoms. The Morgan fingerprint density at radius 2 is 2.00 bits per heavy atom. The minimum Gasteiger partial charge on any atom is -0.383 e. The van der Waals surface area contributed by atoms with Crippen LogP contribution in [0.15, 0.2) is 29.2 Å². The highest BCUT2D eigenvalue weighted by Crippen LogP contribution is 2.35. The van der Waals surface area contributed by atoms with Crippen molar-refractivity contribution in [1.29, 1.82) is 0 Å². The minimum absolute atomic E-state index is 0.340. The van der Waals surface area contributed by atoms with E-state index in [0.29, 0.717) is 6.04 Å². The van der Waals surface area contributed by atoms with Gasteiger partial charge >= 0.3 is 0 Å². The van der Waals surface area contributed by atoms with Gasteiger partial charge in [0.25, 0.3) is 0 Å². The van der Waals surface area contributed by atoms with Gasteiger partial charge in [-0.1, -0.05) is 12.8 Å². The lowest BCUT2D eigenvalue weighted by molar-refractivity contribution is 0.182. The fraction of sp³-hybridized carbons (Fsp3) is 0.647. The van der Waals surface area contributed by atoms with Crippen molar-refractivity contribution in [3.8, 4) is 0 Å². The van der Waals surface area contributed by atoms with Crippen molar-refractivity contribution in [2.24, 2.45) is 5.73 Å². The molecule has 1 aliphatic carbocycles. The lowest BCUT2D eigenvalue weighted by atomic mass is 10.1. The third kappa shape index (κ3) is 5.89. The average molecular weight is 308 g/mol. The Kier molecular flexibility index (Phi) is 7.41. The van der Waals surface area contributed by atoms with Crippen LogP contribution in [0.5, 0.6) is 0 Å². The van der Waals surface area contributed by atoms with Gasteiger partial charge in [0.15, 0.2) is 0 Å². The maximum Gasteiger partial charge on any atom is 0.0664 e. The molecule has 1 atom stereocenters. The molecule has 0 radical (unpaired) electrons. The Balaban J connectivity index is 1.84. The van der Waals surface area contributed by atoms with E-state index in [-0.39, 0.29) is 0 Å². The number of methoxy groups -OCH3 is 1. The molecule has 1 aliphatic rings. The summed E-state index contributed by atoms with van der Waals surface area (Å²) in [5.74, 6) is 0. The zero-order valence-electron chi connectivity index (χ0n) is 13.0. The highest BCUT2D eigenvalue weighted by atomic mass is 32.2. The van der Waals surface area contributed by atoms with Crippen LogP contribution in [0.1, 0.15) is 38.5 Å². The summed E-state index contributed by atoms with van der Waals surface area (Å²) in [5, 5.41) is 4.37. The molecule has 3 N–H and O–H groups in total. The molecular formula is C17H28N2OS. The summed E-state index contributed by atoms with van der Waals surface area (Å²) >= 11 is 2.03. The number of nitrogens with two attached hydrogens (primary N) is 1. The lowest BCUT2D eigenvalue weighted by Crippen LogP contribution is -2.25. The standard InChI is InChI=1S/C17H28N2OS/c1-20-13-15(5-4-12-18)19-14-8-10-17(11-9-14)21-16-6-2-3-7-16/h8-11,15-16,19H,2-7,12-13,18H2,1H3. The van der Waals surface area contributed by atoms with E-state index < -0.39 is 0 Å². The lowest BCUT2D eigenvalue weighted by Gasteiger charge is -2.19. The van der Waals surface area contributed by atoms with Crippen LogP contribution in [0.25, 0.3) is 0 Å². The second-order valence-corrected chi connectivity index (χ2v) is 7.15. The number of thioether (sulfide) groups is 1. The van der Waals surface area contributed by atoms with E-state index in [9.17, 15) is 0 Å². The largest absolute Gasteiger partial charge is 0.383 e. The van der Waals surface area contributed by atoms with Crippen LogP contribution in [0.4, 0.5) is 5.69 Å². The normalized spacial score (nSPS) is 17.0. The van der Waals surface area contributed by atoms with Crippen molar-refractivity contribution in [1.82, 2.24) is 0 Å². The molecule has 3 nitrogen and oxygen atoms in total. The highest BCUT2D eigenvalue weighted by Gasteiger charge is 2.16. The van der Waals surface area contributed by atoms with Crippen LogP contribution >= 0.6 is 11.8 Å². The molecule has 2 rings (SSSR count). The first-order valence-corrected chi connectivity index (χ1v) is 8.92. The van der Waals surface area contributed by atoms with Gasteiger partial charge in [-0.3, -0.25) is 0 Å². The zero-order chi connectivity index (χ0) is 14.9. The van der Waals surface area contributed by atoms with E-state index in [1.165, 1.54) is 36.3 Å². The SMILES string of the molecule is COCC(CCCN)Nc1ccc(SC2CCCC2)cc1. The fourth-order valence-electron chi connectivity index (χ4n) is 2.83. The number of rotatable bonds is 9. The zero-order valence-corrected chi connectivity index (χ0v) is 13.8. The predicted molar refractivity (Wildman–Crippen MR) is 92.1 cm³/mol. The van der Waals surface area contributed by atoms with Gasteiger partial charge in [-0.2, -0.15) is 0 Å². The number of anilines is 1. The van der Waals surface area contributed by atoms with Crippen molar-refractivity contribution in [2.75, 3.05) is 25.6 Å². The smallest absolute Gasteiger partial charge is 0.0664 e. The number of hydrogen-bond donors (Lipinski definition) is 2. The number of hydrogen-bond acceptors (Lipinski definition) is 4. The average Bonchev–Trinajstić information content (AvgIpc) is 3.00. The third-order valence-corrected chi connectivity index (χ3v) is 5.30. The van der Waals surface area contributed by atoms with E-state index in [1.807, 2.05) is 11.8 Å². The van der Waals surface area contributed by atoms with Crippen LogP contribution in [0.3, 0.4) is 0 Å². The highest BCUT2D eigenvalue weighted by molar-refractivity contribution is 8.00. The summed E-state index contributed by atoms with van der Waals surface area (Å²) in [5.41, 5.74) is 6.76. The first-order chi connectivity index (χ1) is 10.3. The van der Waals surface area contributed by atoms with Gasteiger partial charge in [0.2, 0.25) is 0 Å². The van der Waals surface area contributed by atoms with Gasteiger partial charge in [-0.15, -0.1) is 11.8 Å². The quantitative estimate of drug-likeness (QED) is 0.726. The molecule has 21 heavy (non-hydrogen) atoms. The monoisotopic (exact) mass is 308 g/mol. The maximum atomic E-state index is 5.59. The van der Waals surface area contributed by atoms with Crippen molar-refractivity contribution in [3.05, 3.63) is 24.3 Å². The molecule has 1 fully saturated rings. The van der Waals surface area contributed by atoms with Crippen LogP contribution < -0.4 is 11.1 Å². The summed E-state index contributed by atoms with van der Waals surface area (Å²) in [6, 6.07) is 9.17. The maximum absolute atomic E-state index is 5.59. The Morgan fingerprint density at radius 3 is 2.62 bits per heavy atom. The summed E-state index contributed by atoms with van der Waals surface area (Å²) < 4.78 is 5.28. The molecule has 1 unspecified atom stereocenters. The minimum atomic E-state index is 0.340. The van der Waals surface area contributed by atoms with Crippen molar-refractivity contribution < 1.29 is 4.74 Å². The van der Waals surface area contributed by atoms with Crippen LogP contribution in [-0.2, 0) is 4.74 Å². The summed E-state index contributed by atoms with van der Waals surface area (Å²) in [6.45, 7) is 1.46. The van der Waals surface area contributed by atoms with Crippen molar-refractivity contribution in [2.45, 2.75) is 54.7 Å². The molecule has 0 amide bonds. The second kappa shape index (κ2) is 9.34. The first-order valence-electron chi connectivity index (χ1n) is 8.04. The van der Waals surface area contributed by atoms with Gasteiger partial charge in [0.1, 0.15) is 0 Å². The molecular weight excluding hydrogens is 280 g/mol. The van der Waals surface area contributed by atoms with E-state index in [2.05, 4.69) is 29.6 Å². The van der Waals surface area contributed by atoms with Gasteiger partial charge in [-0.05, 0) is 56.5 Å². The van der Waals surface area contributed by atoms with Gasteiger partial charge in [0, 0.05) is 29.0 Å². The topological polar surface area (TPSA) is 47.3 Å². The summed E-state index contributed by atoms with van der Waals surface area (Å²) in [6.07, 6.45) is 7.62. The number of benzene rings is 1. The molecule has 0 spiro atoms. The molecule has 0 saturated heterocycles. The molecule has 4 heteroatoms. The van der Waals surface area contributed by atoms with E-state index in [0.717, 1.165) is 31.2 Å². The molecule has 1 aromatic rings. The number of nitrogens with one attached hydrogen (secondary N) is 1. The Morgan fingerprint density at radius 1 is 1.29 bits per heavy atom. The second-order valence-electron chi connectivity index (χ2n) is 5.78. The fourth-order valence-corrected chi connectivity index (χ4v) is 4.07. The summed E-state index contributed by atoms with van der Waals surface area (Å²) in [7, 11) is 1.75.